The molecule has 2 saturated carbocycles. The van der Waals surface area contributed by atoms with Crippen LogP contribution in [0.5, 0.6) is 0 Å². The third-order valence-electron chi connectivity index (χ3n) is 5.71. The maximum absolute atomic E-state index is 5.82. The fourth-order valence-corrected chi connectivity index (χ4v) is 3.84. The molecule has 3 nitrogen and oxygen atoms in total. The molecule has 2 rings (SSSR count). The molecule has 0 aliphatic heterocycles. The molecule has 112 valence electrons. The normalized spacial score (nSPS) is 32.5. The summed E-state index contributed by atoms with van der Waals surface area (Å²) in [7, 11) is 4.48. The molecule has 1 N–H and O–H groups in total. The molecule has 3 heteroatoms. The Morgan fingerprint density at radius 3 is 2.32 bits per heavy atom. The summed E-state index contributed by atoms with van der Waals surface area (Å²) in [4.78, 5) is 2.44. The number of likely N-dealkylation sites (N-methyl/N-ethyl adjacent to an activating group) is 1. The predicted octanol–water partition coefficient (Wildman–Crippen LogP) is 2.65. The Hall–Kier alpha value is -0.120. The van der Waals surface area contributed by atoms with Gasteiger partial charge in [0.05, 0.1) is 6.10 Å². The van der Waals surface area contributed by atoms with E-state index in [0.717, 1.165) is 13.2 Å². The summed E-state index contributed by atoms with van der Waals surface area (Å²) in [5.41, 5.74) is 0.675. The lowest BCUT2D eigenvalue weighted by molar-refractivity contribution is -0.116. The van der Waals surface area contributed by atoms with Gasteiger partial charge in [0.1, 0.15) is 0 Å². The van der Waals surface area contributed by atoms with E-state index >= 15 is 0 Å². The van der Waals surface area contributed by atoms with E-state index in [1.54, 1.807) is 0 Å². The minimum absolute atomic E-state index is 0.280. The van der Waals surface area contributed by atoms with E-state index in [9.17, 15) is 0 Å². The lowest BCUT2D eigenvalue weighted by atomic mass is 9.64. The zero-order valence-electron chi connectivity index (χ0n) is 13.5. The maximum atomic E-state index is 5.82. The van der Waals surface area contributed by atoms with E-state index in [2.05, 4.69) is 45.1 Å². The topological polar surface area (TPSA) is 24.5 Å². The van der Waals surface area contributed by atoms with Crippen LogP contribution in [0.3, 0.4) is 0 Å². The average Bonchev–Trinajstić information content (AvgIpc) is 2.83. The van der Waals surface area contributed by atoms with Crippen LogP contribution in [0.2, 0.25) is 0 Å². The fourth-order valence-electron chi connectivity index (χ4n) is 3.84. The van der Waals surface area contributed by atoms with Gasteiger partial charge in [-0.1, -0.05) is 26.7 Å². The molecule has 0 aromatic carbocycles. The molecule has 0 bridgehead atoms. The van der Waals surface area contributed by atoms with Crippen molar-refractivity contribution in [1.29, 1.82) is 0 Å². The van der Waals surface area contributed by atoms with Crippen molar-refractivity contribution in [2.45, 2.75) is 70.6 Å². The van der Waals surface area contributed by atoms with Crippen molar-refractivity contribution in [2.75, 3.05) is 27.2 Å². The summed E-state index contributed by atoms with van der Waals surface area (Å²) in [6, 6.07) is 0.612. The number of nitrogens with zero attached hydrogens (tertiary/aromatic N) is 1. The van der Waals surface area contributed by atoms with Gasteiger partial charge < -0.3 is 15.0 Å². The summed E-state index contributed by atoms with van der Waals surface area (Å²) >= 11 is 0. The third kappa shape index (κ3) is 2.84. The number of nitrogens with one attached hydrogen (secondary N) is 1. The lowest BCUT2D eigenvalue weighted by Crippen LogP contribution is -2.63. The van der Waals surface area contributed by atoms with Crippen LogP contribution < -0.4 is 5.32 Å². The van der Waals surface area contributed by atoms with Crippen LogP contribution in [0.1, 0.15) is 52.9 Å². The van der Waals surface area contributed by atoms with E-state index < -0.39 is 0 Å². The Bertz CT molecular complexity index is 295. The van der Waals surface area contributed by atoms with Crippen LogP contribution in [-0.2, 0) is 4.74 Å². The van der Waals surface area contributed by atoms with Gasteiger partial charge in [-0.05, 0) is 40.3 Å². The molecule has 0 aromatic heterocycles. The van der Waals surface area contributed by atoms with Gasteiger partial charge in [0, 0.05) is 30.1 Å². The van der Waals surface area contributed by atoms with Crippen LogP contribution in [0, 0.1) is 5.41 Å². The van der Waals surface area contributed by atoms with Gasteiger partial charge in [-0.25, -0.2) is 0 Å². The smallest absolute Gasteiger partial charge is 0.0655 e. The fraction of sp³-hybridized carbons (Fsp3) is 1.00. The van der Waals surface area contributed by atoms with E-state index in [1.807, 2.05) is 0 Å². The van der Waals surface area contributed by atoms with Crippen molar-refractivity contribution in [3.8, 4) is 0 Å². The Morgan fingerprint density at radius 1 is 1.21 bits per heavy atom. The monoisotopic (exact) mass is 268 g/mol. The highest BCUT2D eigenvalue weighted by molar-refractivity contribution is 5.05. The highest BCUT2D eigenvalue weighted by atomic mass is 16.5. The molecule has 0 aromatic rings. The third-order valence-corrected chi connectivity index (χ3v) is 5.71. The van der Waals surface area contributed by atoms with Crippen molar-refractivity contribution in [1.82, 2.24) is 10.2 Å². The summed E-state index contributed by atoms with van der Waals surface area (Å²) < 4.78 is 5.82. The molecule has 2 atom stereocenters. The molecular weight excluding hydrogens is 236 g/mol. The number of hydrogen-bond donors (Lipinski definition) is 1. The second kappa shape index (κ2) is 5.71. The average molecular weight is 268 g/mol. The summed E-state index contributed by atoms with van der Waals surface area (Å²) in [5.74, 6) is 0. The lowest BCUT2D eigenvalue weighted by Gasteiger charge is -2.53. The van der Waals surface area contributed by atoms with Gasteiger partial charge in [-0.3, -0.25) is 0 Å². The standard InChI is InChI=1S/C16H32N2O/c1-6-19-14-11-13(15(14,2)3)17-12-16(18(4)5)9-7-8-10-16/h13-14,17H,6-12H2,1-5H3. The molecule has 0 saturated heterocycles. The van der Waals surface area contributed by atoms with Crippen LogP contribution >= 0.6 is 0 Å². The van der Waals surface area contributed by atoms with Gasteiger partial charge in [0.15, 0.2) is 0 Å². The van der Waals surface area contributed by atoms with Crippen molar-refractivity contribution < 1.29 is 4.74 Å². The predicted molar refractivity (Wildman–Crippen MR) is 80.5 cm³/mol. The molecular formula is C16H32N2O. The van der Waals surface area contributed by atoms with Crippen LogP contribution in [0.25, 0.3) is 0 Å². The van der Waals surface area contributed by atoms with Gasteiger partial charge in [0.25, 0.3) is 0 Å². The first-order chi connectivity index (χ1) is 8.92. The summed E-state index contributed by atoms with van der Waals surface area (Å²) in [6.45, 7) is 8.74. The Morgan fingerprint density at radius 2 is 1.84 bits per heavy atom. The highest BCUT2D eigenvalue weighted by Crippen LogP contribution is 2.43. The number of hydrogen-bond acceptors (Lipinski definition) is 3. The molecule has 0 radical (unpaired) electrons. The largest absolute Gasteiger partial charge is 0.378 e. The minimum Gasteiger partial charge on any atom is -0.378 e. The molecule has 2 aliphatic carbocycles. The number of ether oxygens (including phenoxy) is 1. The second-order valence-corrected chi connectivity index (χ2v) is 7.26. The van der Waals surface area contributed by atoms with Gasteiger partial charge in [0.2, 0.25) is 0 Å². The zero-order valence-corrected chi connectivity index (χ0v) is 13.5. The molecule has 0 heterocycles. The zero-order chi connectivity index (χ0) is 14.1. The van der Waals surface area contributed by atoms with Crippen molar-refractivity contribution in [3.63, 3.8) is 0 Å². The number of rotatable bonds is 6. The van der Waals surface area contributed by atoms with Crippen LogP contribution in [0.4, 0.5) is 0 Å². The maximum Gasteiger partial charge on any atom is 0.0655 e. The van der Waals surface area contributed by atoms with Crippen LogP contribution in [-0.4, -0.2) is 49.8 Å². The summed E-state index contributed by atoms with van der Waals surface area (Å²) in [5, 5.41) is 3.84. The van der Waals surface area contributed by atoms with E-state index in [-0.39, 0.29) is 5.41 Å². The molecule has 19 heavy (non-hydrogen) atoms. The molecule has 2 aliphatic rings. The van der Waals surface area contributed by atoms with Crippen LogP contribution in [0.15, 0.2) is 0 Å². The first-order valence-electron chi connectivity index (χ1n) is 7.95. The van der Waals surface area contributed by atoms with Crippen molar-refractivity contribution >= 4 is 0 Å². The first-order valence-corrected chi connectivity index (χ1v) is 7.95. The molecule has 0 spiro atoms. The van der Waals surface area contributed by atoms with Crippen molar-refractivity contribution in [2.24, 2.45) is 5.41 Å². The Labute approximate surface area is 119 Å². The highest BCUT2D eigenvalue weighted by Gasteiger charge is 2.49. The van der Waals surface area contributed by atoms with Crippen molar-refractivity contribution in [3.05, 3.63) is 0 Å². The second-order valence-electron chi connectivity index (χ2n) is 7.26. The van der Waals surface area contributed by atoms with E-state index in [4.69, 9.17) is 4.74 Å². The quantitative estimate of drug-likeness (QED) is 0.801. The van der Waals surface area contributed by atoms with Gasteiger partial charge in [-0.15, -0.1) is 0 Å². The molecule has 2 fully saturated rings. The van der Waals surface area contributed by atoms with E-state index in [1.165, 1.54) is 32.1 Å². The van der Waals surface area contributed by atoms with Gasteiger partial charge >= 0.3 is 0 Å². The first kappa shape index (κ1) is 15.3. The minimum atomic E-state index is 0.280. The molecule has 0 amide bonds. The SMILES string of the molecule is CCOC1CC(NCC2(N(C)C)CCCC2)C1(C)C. The van der Waals surface area contributed by atoms with E-state index in [0.29, 0.717) is 17.7 Å². The summed E-state index contributed by atoms with van der Waals surface area (Å²) in [6.07, 6.45) is 7.06. The van der Waals surface area contributed by atoms with Gasteiger partial charge in [-0.2, -0.15) is 0 Å². The Balaban J connectivity index is 1.86. The Kier molecular flexibility index (Phi) is 4.59. The molecule has 2 unspecified atom stereocenters.